The van der Waals surface area contributed by atoms with Gasteiger partial charge in [0.05, 0.1) is 6.54 Å². The Kier molecular flexibility index (Phi) is 3.69. The Morgan fingerprint density at radius 3 is 2.71 bits per heavy atom. The Labute approximate surface area is 109 Å². The second kappa shape index (κ2) is 5.06. The lowest BCUT2D eigenvalue weighted by Crippen LogP contribution is -2.38. The smallest absolute Gasteiger partial charge is 0.249 e. The van der Waals surface area contributed by atoms with Gasteiger partial charge in [0.25, 0.3) is 0 Å². The minimum absolute atomic E-state index is 0.0639. The molecule has 1 saturated heterocycles. The molecule has 92 valence electrons. The van der Waals surface area contributed by atoms with E-state index >= 15 is 0 Å². The largest absolute Gasteiger partial charge is 0.452 e. The maximum atomic E-state index is 12.1. The van der Waals surface area contributed by atoms with Crippen LogP contribution in [0.3, 0.4) is 0 Å². The maximum Gasteiger partial charge on any atom is 0.249 e. The molecule has 1 aliphatic rings. The van der Waals surface area contributed by atoms with Gasteiger partial charge in [-0.25, -0.2) is 0 Å². The number of hydrogen-bond acceptors (Lipinski definition) is 3. The van der Waals surface area contributed by atoms with Crippen LogP contribution >= 0.6 is 15.9 Å². The summed E-state index contributed by atoms with van der Waals surface area (Å²) < 4.78 is 6.07. The van der Waals surface area contributed by atoms with Crippen molar-refractivity contribution >= 4 is 21.8 Å². The van der Waals surface area contributed by atoms with Crippen molar-refractivity contribution in [2.24, 2.45) is 0 Å². The van der Waals surface area contributed by atoms with E-state index in [4.69, 9.17) is 4.42 Å². The van der Waals surface area contributed by atoms with Crippen LogP contribution < -0.4 is 5.32 Å². The van der Waals surface area contributed by atoms with Gasteiger partial charge in [0, 0.05) is 25.7 Å². The van der Waals surface area contributed by atoms with E-state index in [0.717, 1.165) is 24.4 Å². The highest BCUT2D eigenvalue weighted by molar-refractivity contribution is 9.10. The molecule has 1 aromatic heterocycles. The molecule has 0 aliphatic carbocycles. The third kappa shape index (κ3) is 2.79. The van der Waals surface area contributed by atoms with Crippen LogP contribution in [0.4, 0.5) is 0 Å². The van der Waals surface area contributed by atoms with Crippen LogP contribution in [0.5, 0.6) is 0 Å². The summed E-state index contributed by atoms with van der Waals surface area (Å²) in [4.78, 5) is 13.7. The molecule has 0 spiro atoms. The van der Waals surface area contributed by atoms with Gasteiger partial charge in [0.2, 0.25) is 5.91 Å². The van der Waals surface area contributed by atoms with Gasteiger partial charge in [0.1, 0.15) is 5.76 Å². The molecule has 0 saturated carbocycles. The lowest BCUT2D eigenvalue weighted by molar-refractivity contribution is -0.126. The molecule has 1 aromatic rings. The average molecular weight is 299 g/mol. The SMILES string of the molecule is CC(C(=O)N(C)Cc1ccc(Br)o1)=C1CNC1. The van der Waals surface area contributed by atoms with Gasteiger partial charge >= 0.3 is 0 Å². The predicted molar refractivity (Wildman–Crippen MR) is 68.5 cm³/mol. The molecule has 1 fully saturated rings. The number of carbonyl (C=O) groups excluding carboxylic acids is 1. The van der Waals surface area contributed by atoms with Crippen molar-refractivity contribution in [3.8, 4) is 0 Å². The number of halogens is 1. The highest BCUT2D eigenvalue weighted by Crippen LogP contribution is 2.17. The van der Waals surface area contributed by atoms with Crippen molar-refractivity contribution in [1.29, 1.82) is 0 Å². The summed E-state index contributed by atoms with van der Waals surface area (Å²) in [6.45, 7) is 4.03. The number of likely N-dealkylation sites (N-methyl/N-ethyl adjacent to an activating group) is 1. The Balaban J connectivity index is 2.00. The van der Waals surface area contributed by atoms with Crippen molar-refractivity contribution in [2.75, 3.05) is 20.1 Å². The van der Waals surface area contributed by atoms with Gasteiger partial charge in [-0.15, -0.1) is 0 Å². The molecule has 0 unspecified atom stereocenters. The fraction of sp³-hybridized carbons (Fsp3) is 0.417. The predicted octanol–water partition coefficient (Wildman–Crippen LogP) is 1.92. The first-order valence-corrected chi connectivity index (χ1v) is 6.26. The van der Waals surface area contributed by atoms with Gasteiger partial charge in [0.15, 0.2) is 4.67 Å². The summed E-state index contributed by atoms with van der Waals surface area (Å²) >= 11 is 3.24. The molecule has 1 aliphatic heterocycles. The Morgan fingerprint density at radius 1 is 1.53 bits per heavy atom. The minimum Gasteiger partial charge on any atom is -0.452 e. The first kappa shape index (κ1) is 12.4. The minimum atomic E-state index is 0.0639. The Morgan fingerprint density at radius 2 is 2.24 bits per heavy atom. The average Bonchev–Trinajstić information content (AvgIpc) is 2.60. The lowest BCUT2D eigenvalue weighted by Gasteiger charge is -2.24. The van der Waals surface area contributed by atoms with Crippen LogP contribution in [0, 0.1) is 0 Å². The fourth-order valence-corrected chi connectivity index (χ4v) is 2.04. The number of amides is 1. The van der Waals surface area contributed by atoms with Crippen molar-refractivity contribution in [2.45, 2.75) is 13.5 Å². The molecule has 1 N–H and O–H groups in total. The van der Waals surface area contributed by atoms with Gasteiger partial charge in [-0.2, -0.15) is 0 Å². The van der Waals surface area contributed by atoms with Crippen molar-refractivity contribution in [3.63, 3.8) is 0 Å². The molecule has 1 amide bonds. The Hall–Kier alpha value is -1.07. The van der Waals surface area contributed by atoms with E-state index in [9.17, 15) is 4.79 Å². The Bertz CT molecular complexity index is 459. The number of hydrogen-bond donors (Lipinski definition) is 1. The fourth-order valence-electron chi connectivity index (χ4n) is 1.69. The molecule has 0 aromatic carbocycles. The third-order valence-corrected chi connectivity index (χ3v) is 3.32. The number of furan rings is 1. The molecular weight excluding hydrogens is 284 g/mol. The summed E-state index contributed by atoms with van der Waals surface area (Å²) in [5.74, 6) is 0.839. The zero-order valence-corrected chi connectivity index (χ0v) is 11.5. The quantitative estimate of drug-likeness (QED) is 0.867. The third-order valence-electron chi connectivity index (χ3n) is 2.90. The van der Waals surface area contributed by atoms with E-state index in [1.807, 2.05) is 19.1 Å². The number of nitrogens with one attached hydrogen (secondary N) is 1. The van der Waals surface area contributed by atoms with E-state index < -0.39 is 0 Å². The van der Waals surface area contributed by atoms with Gasteiger partial charge in [-0.1, -0.05) is 0 Å². The summed E-state index contributed by atoms with van der Waals surface area (Å²) in [6.07, 6.45) is 0. The van der Waals surface area contributed by atoms with Crippen LogP contribution in [0.25, 0.3) is 0 Å². The summed E-state index contributed by atoms with van der Waals surface area (Å²) in [5, 5.41) is 3.14. The van der Waals surface area contributed by atoms with E-state index in [2.05, 4.69) is 21.2 Å². The topological polar surface area (TPSA) is 45.5 Å². The van der Waals surface area contributed by atoms with E-state index in [-0.39, 0.29) is 5.91 Å². The normalized spacial score (nSPS) is 14.4. The first-order chi connectivity index (χ1) is 8.08. The number of nitrogens with zero attached hydrogens (tertiary/aromatic N) is 1. The van der Waals surface area contributed by atoms with Crippen molar-refractivity contribution in [1.82, 2.24) is 10.2 Å². The molecule has 0 radical (unpaired) electrons. The van der Waals surface area contributed by atoms with Crippen LogP contribution in [0.15, 0.2) is 32.4 Å². The monoisotopic (exact) mass is 298 g/mol. The molecule has 17 heavy (non-hydrogen) atoms. The van der Waals surface area contributed by atoms with Gasteiger partial charge in [-0.3, -0.25) is 4.79 Å². The van der Waals surface area contributed by atoms with E-state index in [1.54, 1.807) is 11.9 Å². The molecule has 0 atom stereocenters. The van der Waals surface area contributed by atoms with E-state index in [0.29, 0.717) is 11.2 Å². The molecule has 2 heterocycles. The second-order valence-corrected chi connectivity index (χ2v) is 4.98. The maximum absolute atomic E-state index is 12.1. The molecule has 0 bridgehead atoms. The van der Waals surface area contributed by atoms with Crippen LogP contribution in [0.1, 0.15) is 12.7 Å². The van der Waals surface area contributed by atoms with Crippen LogP contribution in [0.2, 0.25) is 0 Å². The molecule has 4 nitrogen and oxygen atoms in total. The van der Waals surface area contributed by atoms with E-state index in [1.165, 1.54) is 5.57 Å². The molecule has 2 rings (SSSR count). The molecular formula is C12H15BrN2O2. The summed E-state index contributed by atoms with van der Waals surface area (Å²) in [6, 6.07) is 3.69. The highest BCUT2D eigenvalue weighted by atomic mass is 79.9. The van der Waals surface area contributed by atoms with Crippen molar-refractivity contribution in [3.05, 3.63) is 33.7 Å². The number of carbonyl (C=O) groups is 1. The van der Waals surface area contributed by atoms with Gasteiger partial charge in [-0.05, 0) is 40.6 Å². The van der Waals surface area contributed by atoms with Crippen LogP contribution in [-0.2, 0) is 11.3 Å². The first-order valence-electron chi connectivity index (χ1n) is 5.47. The highest BCUT2D eigenvalue weighted by Gasteiger charge is 2.19. The number of rotatable bonds is 3. The zero-order valence-electron chi connectivity index (χ0n) is 9.92. The zero-order chi connectivity index (χ0) is 12.4. The standard InChI is InChI=1S/C12H15BrN2O2/c1-8(9-5-14-6-9)12(16)15(2)7-10-3-4-11(13)17-10/h3-4,14H,5-7H2,1-2H3. The second-order valence-electron chi connectivity index (χ2n) is 4.20. The van der Waals surface area contributed by atoms with Crippen LogP contribution in [-0.4, -0.2) is 30.9 Å². The summed E-state index contributed by atoms with van der Waals surface area (Å²) in [7, 11) is 1.79. The molecule has 5 heteroatoms. The lowest BCUT2D eigenvalue weighted by atomic mass is 10.0. The van der Waals surface area contributed by atoms with Gasteiger partial charge < -0.3 is 14.6 Å². The van der Waals surface area contributed by atoms with Crippen molar-refractivity contribution < 1.29 is 9.21 Å². The summed E-state index contributed by atoms with van der Waals surface area (Å²) in [5.41, 5.74) is 2.04.